The zero-order valence-corrected chi connectivity index (χ0v) is 32.3. The molecular weight excluding hydrogens is 709 g/mol. The third-order valence-corrected chi connectivity index (χ3v) is 10.9. The van der Waals surface area contributed by atoms with Gasteiger partial charge in [-0.2, -0.15) is 0 Å². The number of hydrogen-bond donors (Lipinski definition) is 2. The SMILES string of the molecule is CCOC1=NC2=C(c3ccccc3)c3[nH]cc(c3-c3ccc(C)cc3)C(c3ccccc3)=c3ccc([nH]3)=C(c3ccccc3)C3=NC(=C(c4ccccc4)C1=C2)C=C3. The summed E-state index contributed by atoms with van der Waals surface area (Å²) >= 11 is 0. The van der Waals surface area contributed by atoms with Gasteiger partial charge in [-0.25, -0.2) is 9.98 Å². The number of nitrogens with zero attached hydrogens (tertiary/aromatic N) is 2. The van der Waals surface area contributed by atoms with Gasteiger partial charge in [0.15, 0.2) is 0 Å². The number of aryl methyl sites for hydroxylation is 1. The second-order valence-electron chi connectivity index (χ2n) is 14.6. The summed E-state index contributed by atoms with van der Waals surface area (Å²) in [7, 11) is 0. The average molecular weight is 749 g/mol. The molecule has 10 rings (SSSR count). The molecule has 0 fully saturated rings. The molecule has 0 spiro atoms. The molecule has 0 unspecified atom stereocenters. The Labute approximate surface area is 337 Å². The van der Waals surface area contributed by atoms with Crippen LogP contribution < -0.4 is 10.7 Å². The molecule has 3 aliphatic heterocycles. The Morgan fingerprint density at radius 3 is 1.67 bits per heavy atom. The van der Waals surface area contributed by atoms with Crippen molar-refractivity contribution < 1.29 is 4.74 Å². The van der Waals surface area contributed by atoms with Crippen LogP contribution in [0.2, 0.25) is 0 Å². The lowest BCUT2D eigenvalue weighted by Gasteiger charge is -2.15. The first kappa shape index (κ1) is 35.0. The first-order valence-electron chi connectivity index (χ1n) is 19.8. The zero-order valence-electron chi connectivity index (χ0n) is 32.3. The molecule has 2 N–H and O–H groups in total. The fraction of sp³-hybridized carbons (Fsp3) is 0.0566. The Balaban J connectivity index is 1.42. The van der Waals surface area contributed by atoms with Gasteiger partial charge >= 0.3 is 0 Å². The molecule has 5 aromatic carbocycles. The van der Waals surface area contributed by atoms with Gasteiger partial charge < -0.3 is 14.7 Å². The maximum Gasteiger partial charge on any atom is 0.222 e. The number of aromatic nitrogens is 2. The van der Waals surface area contributed by atoms with Crippen molar-refractivity contribution in [1.82, 2.24) is 9.97 Å². The van der Waals surface area contributed by atoms with Gasteiger partial charge in [0.05, 0.1) is 29.4 Å². The van der Waals surface area contributed by atoms with Crippen molar-refractivity contribution in [3.05, 3.63) is 249 Å². The summed E-state index contributed by atoms with van der Waals surface area (Å²) in [6.07, 6.45) is 8.61. The topological polar surface area (TPSA) is 65.5 Å². The molecule has 278 valence electrons. The first-order valence-corrected chi connectivity index (χ1v) is 19.8. The van der Waals surface area contributed by atoms with Gasteiger partial charge in [0, 0.05) is 55.9 Å². The minimum Gasteiger partial charge on any atom is -0.478 e. The number of nitrogens with one attached hydrogen (secondary N) is 2. The second kappa shape index (κ2) is 14.9. The van der Waals surface area contributed by atoms with Gasteiger partial charge in [-0.1, -0.05) is 151 Å². The van der Waals surface area contributed by atoms with Crippen molar-refractivity contribution in [2.75, 3.05) is 6.61 Å². The number of aliphatic imine (C=N–C) groups is 2. The Morgan fingerprint density at radius 1 is 0.517 bits per heavy atom. The number of hydrogen-bond acceptors (Lipinski definition) is 3. The molecule has 0 atom stereocenters. The molecule has 0 aliphatic carbocycles. The lowest BCUT2D eigenvalue weighted by Crippen LogP contribution is -2.19. The Kier molecular flexibility index (Phi) is 8.96. The van der Waals surface area contributed by atoms with Gasteiger partial charge in [0.2, 0.25) is 5.90 Å². The molecule has 7 aromatic rings. The summed E-state index contributed by atoms with van der Waals surface area (Å²) in [5.41, 5.74) is 17.1. The molecule has 5 heteroatoms. The van der Waals surface area contributed by atoms with Crippen LogP contribution >= 0.6 is 0 Å². The van der Waals surface area contributed by atoms with E-state index < -0.39 is 0 Å². The molecule has 2 aromatic heterocycles. The summed E-state index contributed by atoms with van der Waals surface area (Å²) in [5.74, 6) is 0.569. The number of allylic oxidation sites excluding steroid dienone is 3. The molecule has 0 amide bonds. The van der Waals surface area contributed by atoms with Crippen molar-refractivity contribution in [2.45, 2.75) is 13.8 Å². The summed E-state index contributed by atoms with van der Waals surface area (Å²) in [4.78, 5) is 18.6. The average Bonchev–Trinajstić information content (AvgIpc) is 4.10. The van der Waals surface area contributed by atoms with Crippen LogP contribution in [0.25, 0.3) is 33.4 Å². The summed E-state index contributed by atoms with van der Waals surface area (Å²) < 4.78 is 6.47. The van der Waals surface area contributed by atoms with E-state index in [1.165, 1.54) is 5.56 Å². The maximum absolute atomic E-state index is 6.47. The van der Waals surface area contributed by atoms with Crippen molar-refractivity contribution in [2.24, 2.45) is 9.98 Å². The molecule has 58 heavy (non-hydrogen) atoms. The molecule has 0 saturated carbocycles. The van der Waals surface area contributed by atoms with E-state index in [4.69, 9.17) is 14.7 Å². The van der Waals surface area contributed by atoms with Crippen LogP contribution in [0.5, 0.6) is 0 Å². The highest BCUT2D eigenvalue weighted by Crippen LogP contribution is 2.44. The maximum atomic E-state index is 6.47. The standard InChI is InChI=1S/C53H40N4O/c1-3-58-53-40-32-46(57-53)51(38-22-14-7-15-23-38)52-49(39-26-24-34(2)25-27-39)41(33-54-52)48(36-18-10-5-11-19-36)43-29-31-45(56-43)50(37-20-12-6-13-21-37)44-30-28-42(55-44)47(40)35-16-8-4-9-17-35/h4-33,54,56H,3H2,1-2H3. The van der Waals surface area contributed by atoms with E-state index in [9.17, 15) is 0 Å². The van der Waals surface area contributed by atoms with Crippen LogP contribution in [0.3, 0.4) is 0 Å². The molecule has 0 radical (unpaired) electrons. The molecule has 5 heterocycles. The fourth-order valence-electron chi connectivity index (χ4n) is 8.30. The van der Waals surface area contributed by atoms with Crippen LogP contribution in [0.1, 0.15) is 46.0 Å². The number of ether oxygens (including phenoxy) is 1. The lowest BCUT2D eigenvalue weighted by molar-refractivity contribution is 0.329. The van der Waals surface area contributed by atoms with Gasteiger partial charge in [0.25, 0.3) is 0 Å². The number of benzene rings is 5. The highest BCUT2D eigenvalue weighted by atomic mass is 16.5. The lowest BCUT2D eigenvalue weighted by atomic mass is 9.88. The number of H-pyrrole nitrogens is 2. The summed E-state index contributed by atoms with van der Waals surface area (Å²) in [6.45, 7) is 4.60. The predicted molar refractivity (Wildman–Crippen MR) is 238 cm³/mol. The van der Waals surface area contributed by atoms with E-state index in [1.807, 2.05) is 13.0 Å². The van der Waals surface area contributed by atoms with E-state index in [0.717, 1.165) is 100 Å². The molecular formula is C53H40N4O. The Bertz CT molecular complexity index is 3010. The fourth-order valence-corrected chi connectivity index (χ4v) is 8.30. The van der Waals surface area contributed by atoms with E-state index in [2.05, 4.69) is 193 Å². The smallest absolute Gasteiger partial charge is 0.222 e. The van der Waals surface area contributed by atoms with Crippen molar-refractivity contribution in [3.8, 4) is 11.1 Å². The predicted octanol–water partition coefficient (Wildman–Crippen LogP) is 10.3. The molecule has 5 nitrogen and oxygen atoms in total. The van der Waals surface area contributed by atoms with Crippen molar-refractivity contribution in [3.63, 3.8) is 0 Å². The monoisotopic (exact) mass is 748 g/mol. The zero-order chi connectivity index (χ0) is 39.0. The molecule has 3 aliphatic rings. The van der Waals surface area contributed by atoms with E-state index in [0.29, 0.717) is 12.5 Å². The van der Waals surface area contributed by atoms with Crippen LogP contribution in [-0.2, 0) is 4.74 Å². The Hall–Kier alpha value is -7.50. The largest absolute Gasteiger partial charge is 0.478 e. The van der Waals surface area contributed by atoms with E-state index in [-0.39, 0.29) is 0 Å². The number of rotatable bonds is 6. The summed E-state index contributed by atoms with van der Waals surface area (Å²) in [6, 6.07) is 55.4. The third kappa shape index (κ3) is 6.23. The van der Waals surface area contributed by atoms with E-state index in [1.54, 1.807) is 0 Å². The van der Waals surface area contributed by atoms with Gasteiger partial charge in [-0.3, -0.25) is 0 Å². The normalized spacial score (nSPS) is 14.8. The molecule has 8 bridgehead atoms. The second-order valence-corrected chi connectivity index (χ2v) is 14.6. The van der Waals surface area contributed by atoms with Gasteiger partial charge in [-0.05, 0) is 72.0 Å². The first-order chi connectivity index (χ1) is 28.6. The quantitative estimate of drug-likeness (QED) is 0.175. The van der Waals surface area contributed by atoms with Crippen molar-refractivity contribution >= 4 is 33.9 Å². The van der Waals surface area contributed by atoms with Gasteiger partial charge in [0.1, 0.15) is 0 Å². The van der Waals surface area contributed by atoms with E-state index >= 15 is 0 Å². The minimum absolute atomic E-state index is 0.462. The highest BCUT2D eigenvalue weighted by molar-refractivity contribution is 6.31. The van der Waals surface area contributed by atoms with Crippen LogP contribution in [0.15, 0.2) is 209 Å². The summed E-state index contributed by atoms with van der Waals surface area (Å²) in [5, 5.41) is 1.97. The van der Waals surface area contributed by atoms with Gasteiger partial charge in [-0.15, -0.1) is 0 Å². The highest BCUT2D eigenvalue weighted by Gasteiger charge is 2.30. The minimum atomic E-state index is 0.462. The van der Waals surface area contributed by atoms with Crippen LogP contribution in [-0.4, -0.2) is 28.2 Å². The van der Waals surface area contributed by atoms with Crippen LogP contribution in [0, 0.1) is 6.92 Å². The van der Waals surface area contributed by atoms with Crippen molar-refractivity contribution in [1.29, 1.82) is 0 Å². The third-order valence-electron chi connectivity index (χ3n) is 10.9. The number of aromatic amines is 2. The Morgan fingerprint density at radius 2 is 1.07 bits per heavy atom. The van der Waals surface area contributed by atoms with Crippen LogP contribution in [0.4, 0.5) is 0 Å². The number of fused-ring (bicyclic) bond motifs is 6. The molecule has 0 saturated heterocycles.